The number of piperazine rings is 1. The maximum Gasteiger partial charge on any atom is 0.101 e. The van der Waals surface area contributed by atoms with Crippen molar-refractivity contribution in [2.24, 2.45) is 0 Å². The fourth-order valence-electron chi connectivity index (χ4n) is 6.20. The van der Waals surface area contributed by atoms with Gasteiger partial charge in [0, 0.05) is 100 Å². The SMILES string of the molecule is C[C@@H]1CN(c2ccc(C#N)c3ncccc23)C[C@@H]2CCN(Cc3cnc4c(c3)CNCC4)CCN21. The molecule has 0 unspecified atom stereocenters. The van der Waals surface area contributed by atoms with Crippen LogP contribution in [0.2, 0.25) is 0 Å². The number of pyridine rings is 2. The molecule has 6 rings (SSSR count). The minimum absolute atomic E-state index is 0.479. The molecule has 2 saturated heterocycles. The van der Waals surface area contributed by atoms with Gasteiger partial charge in [0.25, 0.3) is 0 Å². The number of anilines is 1. The Labute approximate surface area is 207 Å². The van der Waals surface area contributed by atoms with E-state index in [0.717, 1.165) is 76.1 Å². The third-order valence-electron chi connectivity index (χ3n) is 7.99. The van der Waals surface area contributed by atoms with Gasteiger partial charge in [0.1, 0.15) is 6.07 Å². The molecule has 1 aromatic carbocycles. The van der Waals surface area contributed by atoms with Crippen molar-refractivity contribution in [3.63, 3.8) is 0 Å². The molecular formula is C28H33N7. The Morgan fingerprint density at radius 1 is 1.14 bits per heavy atom. The summed E-state index contributed by atoms with van der Waals surface area (Å²) in [6.07, 6.45) is 6.07. The van der Waals surface area contributed by atoms with E-state index in [1.807, 2.05) is 12.1 Å². The maximum atomic E-state index is 9.53. The summed E-state index contributed by atoms with van der Waals surface area (Å²) in [6.45, 7) is 10.6. The van der Waals surface area contributed by atoms with Crippen LogP contribution in [0.1, 0.15) is 35.7 Å². The number of nitrogens with one attached hydrogen (secondary N) is 1. The van der Waals surface area contributed by atoms with E-state index in [9.17, 15) is 5.26 Å². The summed E-state index contributed by atoms with van der Waals surface area (Å²) in [4.78, 5) is 17.1. The molecule has 180 valence electrons. The molecule has 0 radical (unpaired) electrons. The number of aromatic nitrogens is 2. The van der Waals surface area contributed by atoms with Gasteiger partial charge < -0.3 is 10.2 Å². The van der Waals surface area contributed by atoms with Gasteiger partial charge in [-0.3, -0.25) is 19.8 Å². The Morgan fingerprint density at radius 2 is 2.09 bits per heavy atom. The normalized spacial score (nSPS) is 23.4. The largest absolute Gasteiger partial charge is 0.368 e. The molecule has 35 heavy (non-hydrogen) atoms. The van der Waals surface area contributed by atoms with Crippen LogP contribution in [0.4, 0.5) is 5.69 Å². The van der Waals surface area contributed by atoms with E-state index in [1.54, 1.807) is 6.20 Å². The van der Waals surface area contributed by atoms with Crippen LogP contribution in [-0.2, 0) is 19.5 Å². The first kappa shape index (κ1) is 22.4. The van der Waals surface area contributed by atoms with Crippen molar-refractivity contribution in [1.82, 2.24) is 25.1 Å². The Balaban J connectivity index is 1.18. The number of rotatable bonds is 3. The van der Waals surface area contributed by atoms with Gasteiger partial charge in [-0.15, -0.1) is 0 Å². The van der Waals surface area contributed by atoms with Crippen LogP contribution in [-0.4, -0.2) is 71.1 Å². The van der Waals surface area contributed by atoms with Crippen LogP contribution < -0.4 is 10.2 Å². The maximum absolute atomic E-state index is 9.53. The highest BCUT2D eigenvalue weighted by atomic mass is 15.3. The van der Waals surface area contributed by atoms with Crippen molar-refractivity contribution in [2.75, 3.05) is 44.2 Å². The van der Waals surface area contributed by atoms with E-state index >= 15 is 0 Å². The number of nitrogens with zero attached hydrogens (tertiary/aromatic N) is 6. The highest BCUT2D eigenvalue weighted by molar-refractivity contribution is 5.95. The van der Waals surface area contributed by atoms with Crippen LogP contribution in [0.5, 0.6) is 0 Å². The zero-order valence-corrected chi connectivity index (χ0v) is 20.5. The lowest BCUT2D eigenvalue weighted by atomic mass is 10.0. The molecule has 0 aliphatic carbocycles. The Hall–Kier alpha value is -3.05. The molecule has 3 aromatic rings. The van der Waals surface area contributed by atoms with Gasteiger partial charge in [-0.25, -0.2) is 0 Å². The number of hydrogen-bond acceptors (Lipinski definition) is 7. The van der Waals surface area contributed by atoms with E-state index < -0.39 is 0 Å². The highest BCUT2D eigenvalue weighted by Crippen LogP contribution is 2.32. The van der Waals surface area contributed by atoms with E-state index in [1.165, 1.54) is 22.5 Å². The van der Waals surface area contributed by atoms with E-state index in [4.69, 9.17) is 4.98 Å². The Bertz CT molecular complexity index is 1270. The standard InChI is InChI=1S/C28H33N7/c1-20-17-34(27-5-4-22(14-29)28-25(27)3-2-8-31-28)19-24-7-10-33(11-12-35(20)24)18-21-13-23-16-30-9-6-26(23)32-15-21/h2-5,8,13,15,20,24,30H,6-7,9-12,16-19H2,1H3/t20-,24+/m1/s1. The van der Waals surface area contributed by atoms with Gasteiger partial charge in [-0.05, 0) is 54.8 Å². The van der Waals surface area contributed by atoms with E-state index in [0.29, 0.717) is 17.6 Å². The lowest BCUT2D eigenvalue weighted by Crippen LogP contribution is -2.58. The summed E-state index contributed by atoms with van der Waals surface area (Å²) in [5.74, 6) is 0. The lowest BCUT2D eigenvalue weighted by Gasteiger charge is -2.46. The number of hydrogen-bond donors (Lipinski definition) is 1. The second-order valence-corrected chi connectivity index (χ2v) is 10.2. The molecule has 3 aliphatic rings. The summed E-state index contributed by atoms with van der Waals surface area (Å²) < 4.78 is 0. The summed E-state index contributed by atoms with van der Waals surface area (Å²) in [7, 11) is 0. The molecule has 0 spiro atoms. The summed E-state index contributed by atoms with van der Waals surface area (Å²) >= 11 is 0. The lowest BCUT2D eigenvalue weighted by molar-refractivity contribution is 0.127. The molecule has 2 aromatic heterocycles. The van der Waals surface area contributed by atoms with Gasteiger partial charge in [-0.1, -0.05) is 0 Å². The van der Waals surface area contributed by atoms with Crippen LogP contribution in [0.3, 0.4) is 0 Å². The van der Waals surface area contributed by atoms with Crippen molar-refractivity contribution in [2.45, 2.75) is 44.9 Å². The predicted octanol–water partition coefficient (Wildman–Crippen LogP) is 2.93. The molecule has 0 saturated carbocycles. The first-order valence-electron chi connectivity index (χ1n) is 12.9. The number of fused-ring (bicyclic) bond motifs is 3. The van der Waals surface area contributed by atoms with Gasteiger partial charge in [0.15, 0.2) is 0 Å². The zero-order valence-electron chi connectivity index (χ0n) is 20.5. The van der Waals surface area contributed by atoms with E-state index in [2.05, 4.69) is 62.4 Å². The highest BCUT2D eigenvalue weighted by Gasteiger charge is 2.34. The molecule has 2 fully saturated rings. The van der Waals surface area contributed by atoms with E-state index in [-0.39, 0.29) is 0 Å². The molecule has 3 aliphatic heterocycles. The average molecular weight is 468 g/mol. The molecular weight excluding hydrogens is 434 g/mol. The molecule has 0 bridgehead atoms. The third kappa shape index (κ3) is 4.38. The van der Waals surface area contributed by atoms with Crippen molar-refractivity contribution < 1.29 is 0 Å². The van der Waals surface area contributed by atoms with Crippen molar-refractivity contribution in [1.29, 1.82) is 5.26 Å². The smallest absolute Gasteiger partial charge is 0.101 e. The molecule has 1 N–H and O–H groups in total. The van der Waals surface area contributed by atoms with Crippen LogP contribution >= 0.6 is 0 Å². The van der Waals surface area contributed by atoms with Gasteiger partial charge >= 0.3 is 0 Å². The third-order valence-corrected chi connectivity index (χ3v) is 7.99. The first-order chi connectivity index (χ1) is 17.2. The monoisotopic (exact) mass is 467 g/mol. The van der Waals surface area contributed by atoms with Crippen molar-refractivity contribution in [3.8, 4) is 6.07 Å². The molecule has 2 atom stereocenters. The van der Waals surface area contributed by atoms with Crippen LogP contribution in [0.25, 0.3) is 10.9 Å². The first-order valence-corrected chi connectivity index (χ1v) is 12.9. The van der Waals surface area contributed by atoms with Crippen molar-refractivity contribution in [3.05, 3.63) is 65.1 Å². The molecule has 7 nitrogen and oxygen atoms in total. The molecule has 5 heterocycles. The quantitative estimate of drug-likeness (QED) is 0.635. The number of nitriles is 1. The second-order valence-electron chi connectivity index (χ2n) is 10.2. The Kier molecular flexibility index (Phi) is 6.11. The minimum Gasteiger partial charge on any atom is -0.368 e. The fourth-order valence-corrected chi connectivity index (χ4v) is 6.20. The van der Waals surface area contributed by atoms with Gasteiger partial charge in [0.2, 0.25) is 0 Å². The predicted molar refractivity (Wildman–Crippen MR) is 138 cm³/mol. The summed E-state index contributed by atoms with van der Waals surface area (Å²) in [5.41, 5.74) is 6.62. The molecule has 7 heteroatoms. The second kappa shape index (κ2) is 9.54. The van der Waals surface area contributed by atoms with Gasteiger partial charge in [0.05, 0.1) is 11.1 Å². The minimum atomic E-state index is 0.479. The Morgan fingerprint density at radius 3 is 3.00 bits per heavy atom. The van der Waals surface area contributed by atoms with Crippen LogP contribution in [0.15, 0.2) is 42.7 Å². The summed E-state index contributed by atoms with van der Waals surface area (Å²) in [6, 6.07) is 13.8. The zero-order chi connectivity index (χ0) is 23.8. The molecule has 0 amide bonds. The summed E-state index contributed by atoms with van der Waals surface area (Å²) in [5, 5.41) is 14.1. The number of benzene rings is 1. The van der Waals surface area contributed by atoms with Crippen LogP contribution in [0, 0.1) is 11.3 Å². The fraction of sp³-hybridized carbons (Fsp3) is 0.464. The van der Waals surface area contributed by atoms with Gasteiger partial charge in [-0.2, -0.15) is 5.26 Å². The van der Waals surface area contributed by atoms with Crippen molar-refractivity contribution >= 4 is 16.6 Å². The topological polar surface area (TPSA) is 71.3 Å². The average Bonchev–Trinajstić information content (AvgIpc) is 3.10.